The summed E-state index contributed by atoms with van der Waals surface area (Å²) in [7, 11) is 2.69. The fourth-order valence-electron chi connectivity index (χ4n) is 3.32. The predicted molar refractivity (Wildman–Crippen MR) is 103 cm³/mol. The van der Waals surface area contributed by atoms with Crippen LogP contribution >= 0.6 is 0 Å². The van der Waals surface area contributed by atoms with Crippen LogP contribution in [0.5, 0.6) is 11.6 Å². The molecule has 1 aliphatic heterocycles. The summed E-state index contributed by atoms with van der Waals surface area (Å²) in [4.78, 5) is 36.8. The van der Waals surface area contributed by atoms with Gasteiger partial charge in [-0.25, -0.2) is 9.80 Å². The Morgan fingerprint density at radius 1 is 1.25 bits per heavy atom. The summed E-state index contributed by atoms with van der Waals surface area (Å²) in [6.45, 7) is 3.70. The minimum Gasteiger partial charge on any atom is -0.494 e. The second kappa shape index (κ2) is 7.34. The van der Waals surface area contributed by atoms with Gasteiger partial charge in [0.15, 0.2) is 0 Å². The molecule has 0 saturated carbocycles. The number of benzene rings is 1. The molecule has 0 bridgehead atoms. The smallest absolute Gasteiger partial charge is 0.333 e. The zero-order valence-corrected chi connectivity index (χ0v) is 16.2. The summed E-state index contributed by atoms with van der Waals surface area (Å²) in [5.74, 6) is -0.170. The minimum absolute atomic E-state index is 0.0905. The molecule has 1 amide bonds. The maximum atomic E-state index is 12.6. The van der Waals surface area contributed by atoms with Crippen LogP contribution in [0.1, 0.15) is 37.4 Å². The molecule has 3 rings (SSSR count). The van der Waals surface area contributed by atoms with Crippen molar-refractivity contribution in [3.63, 3.8) is 0 Å². The molecule has 1 aliphatic rings. The highest BCUT2D eigenvalue weighted by molar-refractivity contribution is 6.04. The van der Waals surface area contributed by atoms with Crippen molar-refractivity contribution >= 4 is 11.6 Å². The number of hydrogen-bond acceptors (Lipinski definition) is 6. The third-order valence-electron chi connectivity index (χ3n) is 4.73. The number of hydrogen-bond donors (Lipinski definition) is 1. The van der Waals surface area contributed by atoms with Gasteiger partial charge in [0, 0.05) is 33.0 Å². The highest BCUT2D eigenvalue weighted by Gasteiger charge is 2.36. The van der Waals surface area contributed by atoms with E-state index in [2.05, 4.69) is 5.10 Å². The average Bonchev–Trinajstić information content (AvgIpc) is 3.11. The molecule has 2 aromatic rings. The number of aromatic hydroxyl groups is 1. The lowest BCUT2D eigenvalue weighted by molar-refractivity contribution is -0.130. The first-order chi connectivity index (χ1) is 13.3. The first-order valence-electron chi connectivity index (χ1n) is 8.86. The molecule has 1 unspecified atom stereocenters. The lowest BCUT2D eigenvalue weighted by atomic mass is 9.98. The maximum Gasteiger partial charge on any atom is 0.333 e. The largest absolute Gasteiger partial charge is 0.494 e. The Morgan fingerprint density at radius 2 is 1.93 bits per heavy atom. The number of amides is 1. The van der Waals surface area contributed by atoms with Crippen LogP contribution in [0.3, 0.4) is 0 Å². The van der Waals surface area contributed by atoms with Gasteiger partial charge in [0.25, 0.3) is 5.56 Å². The van der Waals surface area contributed by atoms with E-state index in [0.717, 1.165) is 14.7 Å². The van der Waals surface area contributed by atoms with Gasteiger partial charge in [0.1, 0.15) is 11.3 Å². The number of ether oxygens (including phenoxy) is 1. The van der Waals surface area contributed by atoms with Gasteiger partial charge in [-0.3, -0.25) is 18.7 Å². The summed E-state index contributed by atoms with van der Waals surface area (Å²) in [6.07, 6.45) is 0.199. The van der Waals surface area contributed by atoms with Gasteiger partial charge in [-0.15, -0.1) is 0 Å². The van der Waals surface area contributed by atoms with Crippen LogP contribution in [0.15, 0.2) is 39.0 Å². The van der Waals surface area contributed by atoms with Crippen LogP contribution in [0.4, 0.5) is 0 Å². The quantitative estimate of drug-likeness (QED) is 0.840. The number of hydrazone groups is 1. The number of para-hydroxylation sites is 1. The fraction of sp³-hybridized carbons (Fsp3) is 0.368. The van der Waals surface area contributed by atoms with Crippen LogP contribution in [0, 0.1) is 0 Å². The van der Waals surface area contributed by atoms with E-state index >= 15 is 0 Å². The second-order valence-corrected chi connectivity index (χ2v) is 6.51. The average molecular weight is 386 g/mol. The Balaban J connectivity index is 2.14. The lowest BCUT2D eigenvalue weighted by Crippen LogP contribution is -2.39. The van der Waals surface area contributed by atoms with Crippen LogP contribution in [0.2, 0.25) is 0 Å². The molecule has 0 aliphatic carbocycles. The first-order valence-corrected chi connectivity index (χ1v) is 8.86. The third-order valence-corrected chi connectivity index (χ3v) is 4.73. The standard InChI is InChI=1S/C19H22N4O5/c1-5-28-15-9-7-6-8-12(15)14-10-13(20-23(14)11(2)24)16-17(25)21(3)19(27)22(4)18(16)26/h6-9,14,25H,5,10H2,1-4H3. The van der Waals surface area contributed by atoms with E-state index in [0.29, 0.717) is 12.4 Å². The van der Waals surface area contributed by atoms with Crippen molar-refractivity contribution in [1.82, 2.24) is 14.1 Å². The molecule has 0 radical (unpaired) electrons. The van der Waals surface area contributed by atoms with Gasteiger partial charge < -0.3 is 9.84 Å². The van der Waals surface area contributed by atoms with Gasteiger partial charge in [-0.1, -0.05) is 18.2 Å². The highest BCUT2D eigenvalue weighted by atomic mass is 16.5. The van der Waals surface area contributed by atoms with Crippen molar-refractivity contribution in [2.75, 3.05) is 6.61 Å². The van der Waals surface area contributed by atoms with E-state index in [-0.39, 0.29) is 23.6 Å². The SMILES string of the molecule is CCOc1ccccc1C1CC(c2c(O)n(C)c(=O)n(C)c2=O)=NN1C(C)=O. The molecule has 2 heterocycles. The number of rotatable bonds is 4. The summed E-state index contributed by atoms with van der Waals surface area (Å²) in [5.41, 5.74) is -0.417. The van der Waals surface area contributed by atoms with E-state index in [1.54, 1.807) is 6.07 Å². The van der Waals surface area contributed by atoms with Gasteiger partial charge in [-0.2, -0.15) is 5.10 Å². The zero-order valence-electron chi connectivity index (χ0n) is 16.2. The van der Waals surface area contributed by atoms with Crippen LogP contribution in [-0.4, -0.2) is 37.5 Å². The van der Waals surface area contributed by atoms with Gasteiger partial charge in [-0.05, 0) is 13.0 Å². The van der Waals surface area contributed by atoms with E-state index in [4.69, 9.17) is 4.74 Å². The topological polar surface area (TPSA) is 106 Å². The van der Waals surface area contributed by atoms with Gasteiger partial charge in [0.05, 0.1) is 18.4 Å². The second-order valence-electron chi connectivity index (χ2n) is 6.51. The maximum absolute atomic E-state index is 12.6. The van der Waals surface area contributed by atoms with Gasteiger partial charge >= 0.3 is 5.69 Å². The number of carbonyl (C=O) groups excluding carboxylic acids is 1. The van der Waals surface area contributed by atoms with Crippen molar-refractivity contribution in [1.29, 1.82) is 0 Å². The first kappa shape index (κ1) is 19.4. The predicted octanol–water partition coefficient (Wildman–Crippen LogP) is 0.886. The normalized spacial score (nSPS) is 16.2. The monoisotopic (exact) mass is 386 g/mol. The summed E-state index contributed by atoms with van der Waals surface area (Å²) >= 11 is 0. The number of nitrogens with zero attached hydrogens (tertiary/aromatic N) is 4. The molecule has 9 nitrogen and oxygen atoms in total. The van der Waals surface area contributed by atoms with Crippen molar-refractivity contribution in [2.24, 2.45) is 19.2 Å². The van der Waals surface area contributed by atoms with Crippen LogP contribution in [0.25, 0.3) is 0 Å². The Bertz CT molecular complexity index is 1080. The van der Waals surface area contributed by atoms with Crippen molar-refractivity contribution in [2.45, 2.75) is 26.3 Å². The molecule has 0 spiro atoms. The molecule has 1 aromatic heterocycles. The minimum atomic E-state index is -0.665. The van der Waals surface area contributed by atoms with Gasteiger partial charge in [0.2, 0.25) is 11.8 Å². The van der Waals surface area contributed by atoms with Crippen molar-refractivity contribution in [3.8, 4) is 11.6 Å². The Morgan fingerprint density at radius 3 is 2.57 bits per heavy atom. The van der Waals surface area contributed by atoms with E-state index in [9.17, 15) is 19.5 Å². The summed E-state index contributed by atoms with van der Waals surface area (Å²) < 4.78 is 7.54. The van der Waals surface area contributed by atoms with Crippen molar-refractivity contribution < 1.29 is 14.6 Å². The number of carbonyl (C=O) groups is 1. The molecule has 1 atom stereocenters. The molecule has 28 heavy (non-hydrogen) atoms. The highest BCUT2D eigenvalue weighted by Crippen LogP contribution is 2.37. The lowest BCUT2D eigenvalue weighted by Gasteiger charge is -2.22. The van der Waals surface area contributed by atoms with E-state index in [1.165, 1.54) is 26.0 Å². The van der Waals surface area contributed by atoms with Crippen LogP contribution in [-0.2, 0) is 18.9 Å². The van der Waals surface area contributed by atoms with Crippen molar-refractivity contribution in [3.05, 3.63) is 56.2 Å². The number of aromatic nitrogens is 2. The third kappa shape index (κ3) is 3.08. The molecule has 1 N–H and O–H groups in total. The molecule has 0 fully saturated rings. The summed E-state index contributed by atoms with van der Waals surface area (Å²) in [6, 6.07) is 6.81. The fourth-order valence-corrected chi connectivity index (χ4v) is 3.32. The molecule has 0 saturated heterocycles. The molecule has 1 aromatic carbocycles. The van der Waals surface area contributed by atoms with E-state index < -0.39 is 23.2 Å². The molecular formula is C19H22N4O5. The Kier molecular flexibility index (Phi) is 5.08. The zero-order chi connectivity index (χ0) is 20.6. The molecule has 148 valence electrons. The van der Waals surface area contributed by atoms with Crippen LogP contribution < -0.4 is 16.0 Å². The molecule has 9 heteroatoms. The Labute approximate surface area is 161 Å². The Hall–Kier alpha value is -3.36. The summed E-state index contributed by atoms with van der Waals surface area (Å²) in [5, 5.41) is 16.0. The molecular weight excluding hydrogens is 364 g/mol. The van der Waals surface area contributed by atoms with E-state index in [1.807, 2.05) is 25.1 Å².